The first kappa shape index (κ1) is 35.3. The first-order valence-electron chi connectivity index (χ1n) is 14.7. The number of unbranched alkanes of at least 4 members (excludes halogenated alkanes) is 2. The Morgan fingerprint density at radius 1 is 0.810 bits per heavy atom. The first-order valence-corrected chi connectivity index (χ1v) is 15.4. The molecule has 42 heavy (non-hydrogen) atoms. The van der Waals surface area contributed by atoms with Crippen molar-refractivity contribution in [2.75, 3.05) is 0 Å². The molecule has 6 rings (SSSR count). The van der Waals surface area contributed by atoms with Gasteiger partial charge < -0.3 is 13.3 Å². The van der Waals surface area contributed by atoms with E-state index in [1.54, 1.807) is 0 Å². The molecule has 2 heteroatoms. The molecule has 0 fully saturated rings. The van der Waals surface area contributed by atoms with Crippen molar-refractivity contribution in [2.45, 2.75) is 46.5 Å². The van der Waals surface area contributed by atoms with E-state index in [4.69, 9.17) is 0 Å². The van der Waals surface area contributed by atoms with Crippen LogP contribution in [-0.4, -0.2) is 15.0 Å². The maximum absolute atomic E-state index is 3.60. The van der Waals surface area contributed by atoms with Crippen molar-refractivity contribution in [3.8, 4) is 11.1 Å². The molecule has 6 aromatic carbocycles. The van der Waals surface area contributed by atoms with Crippen molar-refractivity contribution in [1.29, 1.82) is 0 Å². The van der Waals surface area contributed by atoms with Gasteiger partial charge in [-0.2, -0.15) is 38.0 Å². The Morgan fingerprint density at radius 2 is 1.43 bits per heavy atom. The van der Waals surface area contributed by atoms with E-state index in [1.807, 2.05) is 9.85 Å². The summed E-state index contributed by atoms with van der Waals surface area (Å²) in [5.41, 5.74) is 5.34. The van der Waals surface area contributed by atoms with E-state index in [0.717, 1.165) is 6.42 Å². The number of hydrogen-bond donors (Lipinski definition) is 0. The molecule has 0 saturated carbocycles. The fraction of sp³-hybridized carbons (Fsp3) is 0.175. The Hall–Kier alpha value is -2.93. The summed E-state index contributed by atoms with van der Waals surface area (Å²) in [5.74, 6) is 0. The molecule has 0 aromatic heterocycles. The van der Waals surface area contributed by atoms with Gasteiger partial charge in [-0.15, -0.1) is 69.6 Å². The Labute approximate surface area is 276 Å². The van der Waals surface area contributed by atoms with Gasteiger partial charge in [0.2, 0.25) is 0 Å². The third kappa shape index (κ3) is 11.4. The van der Waals surface area contributed by atoms with Crippen LogP contribution >= 0.6 is 0 Å². The maximum atomic E-state index is 3.60. The molecule has 0 aliphatic carbocycles. The van der Waals surface area contributed by atoms with E-state index in [2.05, 4.69) is 168 Å². The molecule has 0 spiro atoms. The van der Waals surface area contributed by atoms with Gasteiger partial charge in [0.25, 0.3) is 0 Å². The van der Waals surface area contributed by atoms with E-state index < -0.39 is 0 Å². The average Bonchev–Trinajstić information content (AvgIpc) is 3.67. The molecule has 0 amide bonds. The third-order valence-corrected chi connectivity index (χ3v) is 7.56. The molecule has 0 atom stereocenters. The summed E-state index contributed by atoms with van der Waals surface area (Å²) in [4.78, 5) is 0. The van der Waals surface area contributed by atoms with Crippen molar-refractivity contribution in [1.82, 2.24) is 0 Å². The third-order valence-electron chi connectivity index (χ3n) is 6.80. The van der Waals surface area contributed by atoms with Gasteiger partial charge in [0, 0.05) is 0 Å². The second-order valence-corrected chi connectivity index (χ2v) is 11.0. The van der Waals surface area contributed by atoms with Gasteiger partial charge in [0.1, 0.15) is 0 Å². The predicted octanol–water partition coefficient (Wildman–Crippen LogP) is 10.6. The number of fused-ring (bicyclic) bond motifs is 2. The van der Waals surface area contributed by atoms with Gasteiger partial charge in [0.05, 0.1) is 0 Å². The number of rotatable bonds is 6. The van der Waals surface area contributed by atoms with Crippen LogP contribution in [-0.2, 0) is 26.2 Å². The topological polar surface area (TPSA) is 0 Å². The van der Waals surface area contributed by atoms with Crippen molar-refractivity contribution >= 4 is 36.6 Å². The largest absolute Gasteiger partial charge is 4.00 e. The van der Waals surface area contributed by atoms with Crippen LogP contribution in [0.1, 0.15) is 50.7 Å². The summed E-state index contributed by atoms with van der Waals surface area (Å²) in [6.07, 6.45) is 6.88. The quantitative estimate of drug-likeness (QED) is 0.125. The second-order valence-electron chi connectivity index (χ2n) is 10.1. The molecule has 0 radical (unpaired) electrons. The standard InChI is InChI=1S/C15H11.C11H15Si.C10H9.C4H9.Zr/c1-2-6-12(7-3-1)14-10-4-8-13-9-5-11-15(13)14;1-2-3-9-11(12)10-7-5-4-6-8-10;1-8-6-9-4-2-3-5-10(9)7-8;1-3-4-2;/h1-11H;2,4-8H,3,9,12H2,1H3;2-7H,1H3;1,3-4H2,2H3;/q4*-1;+4. The molecule has 0 aliphatic heterocycles. The minimum atomic E-state index is 0. The van der Waals surface area contributed by atoms with Crippen LogP contribution in [0.3, 0.4) is 0 Å². The fourth-order valence-corrected chi connectivity index (χ4v) is 4.91. The van der Waals surface area contributed by atoms with Crippen LogP contribution in [0.5, 0.6) is 0 Å². The summed E-state index contributed by atoms with van der Waals surface area (Å²) in [6.45, 7) is 9.96. The van der Waals surface area contributed by atoms with E-state index in [-0.39, 0.29) is 26.2 Å². The molecular weight excluding hydrogens is 600 g/mol. The van der Waals surface area contributed by atoms with Crippen molar-refractivity contribution in [3.05, 3.63) is 158 Å². The zero-order valence-electron chi connectivity index (χ0n) is 25.5. The van der Waals surface area contributed by atoms with Crippen LogP contribution in [0.4, 0.5) is 0 Å². The summed E-state index contributed by atoms with van der Waals surface area (Å²) in [5, 5.41) is 6.86. The Morgan fingerprint density at radius 3 is 2.07 bits per heavy atom. The van der Waals surface area contributed by atoms with Gasteiger partial charge >= 0.3 is 26.2 Å². The normalized spacial score (nSPS) is 9.81. The summed E-state index contributed by atoms with van der Waals surface area (Å²) in [7, 11) is 2.00. The molecule has 0 aliphatic rings. The average molecular weight is 644 g/mol. The van der Waals surface area contributed by atoms with Gasteiger partial charge in [0.15, 0.2) is 0 Å². The summed E-state index contributed by atoms with van der Waals surface area (Å²) >= 11 is 0. The molecule has 0 saturated heterocycles. The molecular formula is C40H44SiZr. The maximum Gasteiger partial charge on any atom is 4.00 e. The number of hydrogen-bond acceptors (Lipinski definition) is 0. The van der Waals surface area contributed by atoms with Crippen molar-refractivity contribution in [3.63, 3.8) is 0 Å². The van der Waals surface area contributed by atoms with Gasteiger partial charge in [-0.25, -0.2) is 0 Å². The summed E-state index contributed by atoms with van der Waals surface area (Å²) < 4.78 is 0. The SMILES string of the molecule is C[CH-]CCC(=[SiH2])c1ccccc1.Cc1cc2ccccc2[cH-]1.[CH2-]CCC.[Zr+4].c1ccc(-c2cccc3[cH-]ccc23)cc1. The van der Waals surface area contributed by atoms with Gasteiger partial charge in [-0.1, -0.05) is 110 Å². The summed E-state index contributed by atoms with van der Waals surface area (Å²) in [6, 6.07) is 46.9. The number of benzene rings is 4. The zero-order valence-corrected chi connectivity index (χ0v) is 29.4. The van der Waals surface area contributed by atoms with E-state index >= 15 is 0 Å². The second kappa shape index (κ2) is 20.1. The molecule has 0 unspecified atom stereocenters. The van der Waals surface area contributed by atoms with Gasteiger partial charge in [-0.05, 0) is 21.0 Å². The smallest absolute Gasteiger partial charge is 0.343 e. The predicted molar refractivity (Wildman–Crippen MR) is 188 cm³/mol. The Bertz CT molecular complexity index is 1520. The van der Waals surface area contributed by atoms with E-state index in [9.17, 15) is 0 Å². The minimum absolute atomic E-state index is 0. The zero-order chi connectivity index (χ0) is 29.3. The molecule has 0 heterocycles. The molecule has 6 aromatic rings. The van der Waals surface area contributed by atoms with Crippen LogP contribution in [0.15, 0.2) is 133 Å². The van der Waals surface area contributed by atoms with Crippen LogP contribution in [0, 0.1) is 20.3 Å². The Balaban J connectivity index is 0.000000208. The number of aryl methyl sites for hydroxylation is 1. The fourth-order valence-electron chi connectivity index (χ4n) is 4.47. The van der Waals surface area contributed by atoms with Crippen LogP contribution in [0.2, 0.25) is 0 Å². The Kier molecular flexibility index (Phi) is 16.8. The van der Waals surface area contributed by atoms with Crippen LogP contribution < -0.4 is 0 Å². The van der Waals surface area contributed by atoms with Crippen molar-refractivity contribution < 1.29 is 26.2 Å². The molecule has 0 nitrogen and oxygen atoms in total. The first-order chi connectivity index (χ1) is 20.1. The van der Waals surface area contributed by atoms with Crippen molar-refractivity contribution in [2.24, 2.45) is 0 Å². The molecule has 212 valence electrons. The van der Waals surface area contributed by atoms with E-state index in [0.29, 0.717) is 0 Å². The molecule has 0 N–H and O–H groups in total. The monoisotopic (exact) mass is 642 g/mol. The van der Waals surface area contributed by atoms with E-state index in [1.165, 1.54) is 68.2 Å². The van der Waals surface area contributed by atoms with Crippen LogP contribution in [0.25, 0.3) is 32.7 Å². The molecule has 0 bridgehead atoms. The minimum Gasteiger partial charge on any atom is -0.343 e. The van der Waals surface area contributed by atoms with Gasteiger partial charge in [-0.3, -0.25) is 0 Å².